The van der Waals surface area contributed by atoms with Crippen LogP contribution in [0.15, 0.2) is 43.1 Å². The summed E-state index contributed by atoms with van der Waals surface area (Å²) in [5.74, 6) is 0.0914. The maximum absolute atomic E-state index is 12.0. The normalized spacial score (nSPS) is 10.8. The summed E-state index contributed by atoms with van der Waals surface area (Å²) in [6, 6.07) is 8.67. The Labute approximate surface area is 158 Å². The number of hydrogen-bond donors (Lipinski definition) is 2. The monoisotopic (exact) mass is 369 g/mol. The summed E-state index contributed by atoms with van der Waals surface area (Å²) >= 11 is 0. The largest absolute Gasteiger partial charge is 0.444 e. The van der Waals surface area contributed by atoms with Crippen molar-refractivity contribution < 1.29 is 14.3 Å². The number of carbonyl (C=O) groups is 2. The van der Waals surface area contributed by atoms with Gasteiger partial charge in [-0.2, -0.15) is 0 Å². The molecule has 0 saturated heterocycles. The van der Waals surface area contributed by atoms with Gasteiger partial charge in [-0.15, -0.1) is 10.2 Å². The minimum atomic E-state index is -0.569. The van der Waals surface area contributed by atoms with E-state index in [0.717, 1.165) is 0 Å². The van der Waals surface area contributed by atoms with E-state index in [1.54, 1.807) is 51.2 Å². The molecule has 0 atom stereocenters. The Morgan fingerprint density at radius 3 is 2.52 bits per heavy atom. The van der Waals surface area contributed by atoms with Gasteiger partial charge in [0.15, 0.2) is 5.82 Å². The van der Waals surface area contributed by atoms with Crippen LogP contribution in [0.2, 0.25) is 0 Å². The van der Waals surface area contributed by atoms with E-state index in [2.05, 4.69) is 32.4 Å². The number of alkyl carbamates (subject to hydrolysis) is 1. The zero-order valence-corrected chi connectivity index (χ0v) is 15.7. The van der Waals surface area contributed by atoms with Gasteiger partial charge in [-0.25, -0.2) is 4.79 Å². The maximum atomic E-state index is 12.0. The fraction of sp³-hybridized carbons (Fsp3) is 0.316. The minimum absolute atomic E-state index is 0.150. The van der Waals surface area contributed by atoms with Crippen LogP contribution >= 0.6 is 0 Å². The second kappa shape index (κ2) is 8.88. The summed E-state index contributed by atoms with van der Waals surface area (Å²) in [5, 5.41) is 13.2. The molecule has 0 unspecified atom stereocenters. The molecule has 8 heteroatoms. The van der Waals surface area contributed by atoms with Crippen LogP contribution in [0, 0.1) is 0 Å². The van der Waals surface area contributed by atoms with Gasteiger partial charge >= 0.3 is 6.09 Å². The minimum Gasteiger partial charge on any atom is -0.444 e. The van der Waals surface area contributed by atoms with Gasteiger partial charge in [-0.05, 0) is 50.6 Å². The van der Waals surface area contributed by atoms with Crippen molar-refractivity contribution in [3.8, 4) is 0 Å². The van der Waals surface area contributed by atoms with Crippen LogP contribution in [0.5, 0.6) is 0 Å². The summed E-state index contributed by atoms with van der Waals surface area (Å²) in [6.07, 6.45) is 1.25. The lowest BCUT2D eigenvalue weighted by Gasteiger charge is -2.19. The molecule has 0 aliphatic carbocycles. The molecule has 2 amide bonds. The van der Waals surface area contributed by atoms with Gasteiger partial charge in [0, 0.05) is 18.4 Å². The summed E-state index contributed by atoms with van der Waals surface area (Å²) in [4.78, 5) is 27.8. The molecule has 0 fully saturated rings. The molecular formula is C19H23N5O3. The Balaban J connectivity index is 1.84. The number of anilines is 1. The van der Waals surface area contributed by atoms with E-state index in [1.807, 2.05) is 6.07 Å². The molecule has 2 heterocycles. The molecule has 0 bridgehead atoms. The van der Waals surface area contributed by atoms with Crippen molar-refractivity contribution in [2.24, 2.45) is 0 Å². The highest BCUT2D eigenvalue weighted by Crippen LogP contribution is 2.11. The number of ether oxygens (including phenoxy) is 1. The van der Waals surface area contributed by atoms with E-state index in [-0.39, 0.29) is 18.9 Å². The Morgan fingerprint density at radius 2 is 1.93 bits per heavy atom. The molecule has 0 radical (unpaired) electrons. The van der Waals surface area contributed by atoms with E-state index in [9.17, 15) is 9.59 Å². The second-order valence-corrected chi connectivity index (χ2v) is 6.81. The molecule has 0 spiro atoms. The predicted octanol–water partition coefficient (Wildman–Crippen LogP) is 2.59. The van der Waals surface area contributed by atoms with Crippen LogP contribution < -0.4 is 10.6 Å². The first-order valence-corrected chi connectivity index (χ1v) is 8.41. The van der Waals surface area contributed by atoms with Gasteiger partial charge in [0.1, 0.15) is 5.60 Å². The smallest absolute Gasteiger partial charge is 0.407 e. The van der Waals surface area contributed by atoms with Crippen LogP contribution in [0.1, 0.15) is 32.2 Å². The Bertz CT molecular complexity index is 798. The molecular weight excluding hydrogens is 346 g/mol. The predicted molar refractivity (Wildman–Crippen MR) is 102 cm³/mol. The number of hydrogen-bond acceptors (Lipinski definition) is 6. The fourth-order valence-corrected chi connectivity index (χ4v) is 2.03. The van der Waals surface area contributed by atoms with Crippen LogP contribution in [-0.4, -0.2) is 39.3 Å². The molecule has 2 aromatic rings. The fourth-order valence-electron chi connectivity index (χ4n) is 2.03. The number of aromatic nitrogens is 3. The topological polar surface area (TPSA) is 106 Å². The van der Waals surface area contributed by atoms with E-state index >= 15 is 0 Å². The quantitative estimate of drug-likeness (QED) is 0.811. The highest BCUT2D eigenvalue weighted by molar-refractivity contribution is 5.91. The molecule has 142 valence electrons. The van der Waals surface area contributed by atoms with Crippen molar-refractivity contribution in [1.29, 1.82) is 0 Å². The lowest BCUT2D eigenvalue weighted by molar-refractivity contribution is -0.115. The first kappa shape index (κ1) is 20.0. The third kappa shape index (κ3) is 7.23. The van der Waals surface area contributed by atoms with Crippen molar-refractivity contribution in [3.05, 3.63) is 54.5 Å². The Kier molecular flexibility index (Phi) is 6.59. The summed E-state index contributed by atoms with van der Waals surface area (Å²) < 4.78 is 5.16. The van der Waals surface area contributed by atoms with Gasteiger partial charge in [-0.3, -0.25) is 9.78 Å². The van der Waals surface area contributed by atoms with Crippen molar-refractivity contribution in [3.63, 3.8) is 0 Å². The molecule has 0 saturated carbocycles. The van der Waals surface area contributed by atoms with Crippen molar-refractivity contribution >= 4 is 23.4 Å². The summed E-state index contributed by atoms with van der Waals surface area (Å²) in [6.45, 7) is 9.40. The van der Waals surface area contributed by atoms with E-state index in [1.165, 1.54) is 0 Å². The van der Waals surface area contributed by atoms with Crippen LogP contribution in [-0.2, 0) is 16.0 Å². The molecule has 27 heavy (non-hydrogen) atoms. The maximum Gasteiger partial charge on any atom is 0.407 e. The third-order valence-electron chi connectivity index (χ3n) is 3.21. The highest BCUT2D eigenvalue weighted by atomic mass is 16.6. The SMILES string of the molecule is C=C(CNC(=O)OC(C)(C)C)c1ccc(NC(=O)Cc2ccccn2)nn1. The standard InChI is InChI=1S/C19H23N5O3/c1-13(12-21-18(26)27-19(2,3)4)15-8-9-16(24-23-15)22-17(25)11-14-7-5-6-10-20-14/h5-10H,1,11-12H2,2-4H3,(H,21,26)(H,22,24,25). The lowest BCUT2D eigenvalue weighted by atomic mass is 10.2. The molecule has 2 aromatic heterocycles. The zero-order valence-electron chi connectivity index (χ0n) is 15.7. The van der Waals surface area contributed by atoms with Gasteiger partial charge in [0.25, 0.3) is 0 Å². The van der Waals surface area contributed by atoms with Crippen LogP contribution in [0.25, 0.3) is 5.57 Å². The zero-order chi connectivity index (χ0) is 19.9. The molecule has 2 rings (SSSR count). The Morgan fingerprint density at radius 1 is 1.15 bits per heavy atom. The Hall–Kier alpha value is -3.29. The van der Waals surface area contributed by atoms with Gasteiger partial charge in [-0.1, -0.05) is 12.6 Å². The molecule has 8 nitrogen and oxygen atoms in total. The third-order valence-corrected chi connectivity index (χ3v) is 3.21. The van der Waals surface area contributed by atoms with Crippen LogP contribution in [0.3, 0.4) is 0 Å². The highest BCUT2D eigenvalue weighted by Gasteiger charge is 2.16. The van der Waals surface area contributed by atoms with Crippen molar-refractivity contribution in [2.75, 3.05) is 11.9 Å². The first-order valence-electron chi connectivity index (χ1n) is 8.41. The van der Waals surface area contributed by atoms with Crippen LogP contribution in [0.4, 0.5) is 10.6 Å². The molecule has 0 aliphatic heterocycles. The molecule has 0 aromatic carbocycles. The van der Waals surface area contributed by atoms with Gasteiger partial charge in [0.05, 0.1) is 12.1 Å². The lowest BCUT2D eigenvalue weighted by Crippen LogP contribution is -2.33. The van der Waals surface area contributed by atoms with Crippen molar-refractivity contribution in [1.82, 2.24) is 20.5 Å². The van der Waals surface area contributed by atoms with Crippen molar-refractivity contribution in [2.45, 2.75) is 32.8 Å². The number of pyridine rings is 1. The first-order chi connectivity index (χ1) is 12.7. The van der Waals surface area contributed by atoms with E-state index in [0.29, 0.717) is 22.8 Å². The molecule has 0 aliphatic rings. The number of nitrogens with one attached hydrogen (secondary N) is 2. The van der Waals surface area contributed by atoms with E-state index in [4.69, 9.17) is 4.74 Å². The average molecular weight is 369 g/mol. The number of rotatable bonds is 6. The van der Waals surface area contributed by atoms with Gasteiger partial charge in [0.2, 0.25) is 5.91 Å². The van der Waals surface area contributed by atoms with E-state index < -0.39 is 11.7 Å². The summed E-state index contributed by atoms with van der Waals surface area (Å²) in [5.41, 5.74) is 1.18. The second-order valence-electron chi connectivity index (χ2n) is 6.81. The number of amides is 2. The number of carbonyl (C=O) groups excluding carboxylic acids is 2. The number of nitrogens with zero attached hydrogens (tertiary/aromatic N) is 3. The molecule has 2 N–H and O–H groups in total. The summed E-state index contributed by atoms with van der Waals surface area (Å²) in [7, 11) is 0. The van der Waals surface area contributed by atoms with Gasteiger partial charge < -0.3 is 15.4 Å². The average Bonchev–Trinajstić information content (AvgIpc) is 2.59.